The van der Waals surface area contributed by atoms with Crippen molar-refractivity contribution >= 4 is 11.7 Å². The quantitative estimate of drug-likeness (QED) is 0.861. The molecule has 1 aliphatic heterocycles. The maximum Gasteiger partial charge on any atom is 0.271 e. The molecule has 1 saturated heterocycles. The molecule has 20 heavy (non-hydrogen) atoms. The van der Waals surface area contributed by atoms with Crippen molar-refractivity contribution in [2.75, 3.05) is 45.2 Å². The average Bonchev–Trinajstić information content (AvgIpc) is 2.48. The summed E-state index contributed by atoms with van der Waals surface area (Å²) in [6.07, 6.45) is 3.69. The van der Waals surface area contributed by atoms with Gasteiger partial charge in [0.05, 0.1) is 0 Å². The molecule has 0 aromatic carbocycles. The zero-order valence-corrected chi connectivity index (χ0v) is 12.3. The largest absolute Gasteiger partial charge is 0.355 e. The van der Waals surface area contributed by atoms with Crippen molar-refractivity contribution in [3.8, 4) is 0 Å². The Bertz CT molecular complexity index is 426. The van der Waals surface area contributed by atoms with E-state index in [4.69, 9.17) is 0 Å². The summed E-state index contributed by atoms with van der Waals surface area (Å²) in [5.74, 6) is 0.707. The van der Waals surface area contributed by atoms with Gasteiger partial charge in [0.1, 0.15) is 0 Å². The molecule has 2 rings (SSSR count). The number of piperidine rings is 1. The first-order valence-corrected chi connectivity index (χ1v) is 7.18. The van der Waals surface area contributed by atoms with Crippen LogP contribution in [0.3, 0.4) is 0 Å². The van der Waals surface area contributed by atoms with E-state index in [9.17, 15) is 4.79 Å². The maximum absolute atomic E-state index is 11.9. The monoisotopic (exact) mass is 277 g/mol. The molecule has 0 unspecified atom stereocenters. The first-order chi connectivity index (χ1) is 9.66. The molecule has 0 atom stereocenters. The summed E-state index contributed by atoms with van der Waals surface area (Å²) in [5.41, 5.74) is 0.379. The standard InChI is InChI=1S/C14H23N5O/c1-18(2)11-8-15-14(20)12-6-7-13(17-16-12)19-9-4-3-5-10-19/h6-7H,3-5,8-11H2,1-2H3,(H,15,20). The Labute approximate surface area is 120 Å². The Morgan fingerprint density at radius 1 is 1.25 bits per heavy atom. The van der Waals surface area contributed by atoms with Gasteiger partial charge in [0.15, 0.2) is 11.5 Å². The normalized spacial score (nSPS) is 15.4. The Hall–Kier alpha value is -1.69. The Balaban J connectivity index is 1.88. The number of amides is 1. The van der Waals surface area contributed by atoms with Crippen LogP contribution < -0.4 is 10.2 Å². The van der Waals surface area contributed by atoms with Crippen molar-refractivity contribution in [3.63, 3.8) is 0 Å². The van der Waals surface area contributed by atoms with Gasteiger partial charge in [-0.05, 0) is 45.5 Å². The summed E-state index contributed by atoms with van der Waals surface area (Å²) in [4.78, 5) is 16.1. The number of hydrogen-bond acceptors (Lipinski definition) is 5. The number of nitrogens with zero attached hydrogens (tertiary/aromatic N) is 4. The number of hydrogen-bond donors (Lipinski definition) is 1. The number of nitrogens with one attached hydrogen (secondary N) is 1. The Kier molecular flexibility index (Phi) is 5.29. The fraction of sp³-hybridized carbons (Fsp3) is 0.643. The summed E-state index contributed by atoms with van der Waals surface area (Å²) in [6.45, 7) is 3.48. The smallest absolute Gasteiger partial charge is 0.271 e. The molecule has 0 spiro atoms. The lowest BCUT2D eigenvalue weighted by Crippen LogP contribution is -2.33. The topological polar surface area (TPSA) is 61.4 Å². The Morgan fingerprint density at radius 3 is 2.60 bits per heavy atom. The summed E-state index contributed by atoms with van der Waals surface area (Å²) >= 11 is 0. The molecule has 110 valence electrons. The predicted octanol–water partition coefficient (Wildman–Crippen LogP) is 0.758. The van der Waals surface area contributed by atoms with E-state index in [0.29, 0.717) is 12.2 Å². The van der Waals surface area contributed by atoms with Gasteiger partial charge in [-0.1, -0.05) is 0 Å². The van der Waals surface area contributed by atoms with Gasteiger partial charge in [0.25, 0.3) is 5.91 Å². The van der Waals surface area contributed by atoms with Crippen LogP contribution in [0.25, 0.3) is 0 Å². The average molecular weight is 277 g/mol. The van der Waals surface area contributed by atoms with Gasteiger partial charge in [-0.25, -0.2) is 0 Å². The predicted molar refractivity (Wildman–Crippen MR) is 79.0 cm³/mol. The number of likely N-dealkylation sites (N-methyl/N-ethyl adjacent to an activating group) is 1. The summed E-state index contributed by atoms with van der Waals surface area (Å²) in [7, 11) is 3.94. The summed E-state index contributed by atoms with van der Waals surface area (Å²) in [5, 5.41) is 11.0. The maximum atomic E-state index is 11.9. The lowest BCUT2D eigenvalue weighted by Gasteiger charge is -2.27. The number of rotatable bonds is 5. The fourth-order valence-corrected chi connectivity index (χ4v) is 2.22. The van der Waals surface area contributed by atoms with Crippen LogP contribution in [0, 0.1) is 0 Å². The van der Waals surface area contributed by atoms with E-state index in [0.717, 1.165) is 25.5 Å². The van der Waals surface area contributed by atoms with Crippen LogP contribution in [-0.4, -0.2) is 61.3 Å². The molecule has 1 aromatic heterocycles. The molecule has 6 heteroatoms. The second-order valence-corrected chi connectivity index (χ2v) is 5.38. The van der Waals surface area contributed by atoms with Gasteiger partial charge in [-0.15, -0.1) is 10.2 Å². The van der Waals surface area contributed by atoms with E-state index in [2.05, 4.69) is 20.4 Å². The molecule has 0 bridgehead atoms. The molecule has 6 nitrogen and oxygen atoms in total. The molecular formula is C14H23N5O. The third-order valence-corrected chi connectivity index (χ3v) is 3.41. The van der Waals surface area contributed by atoms with Crippen LogP contribution in [0.1, 0.15) is 29.8 Å². The SMILES string of the molecule is CN(C)CCNC(=O)c1ccc(N2CCCCC2)nn1. The fourth-order valence-electron chi connectivity index (χ4n) is 2.22. The third kappa shape index (κ3) is 4.16. The number of carbonyl (C=O) groups excluding carboxylic acids is 1. The summed E-state index contributed by atoms with van der Waals surface area (Å²) in [6, 6.07) is 3.64. The van der Waals surface area contributed by atoms with Gasteiger partial charge >= 0.3 is 0 Å². The first kappa shape index (κ1) is 14.7. The van der Waals surface area contributed by atoms with Gasteiger partial charge in [-0.2, -0.15) is 0 Å². The van der Waals surface area contributed by atoms with Crippen molar-refractivity contribution in [2.24, 2.45) is 0 Å². The van der Waals surface area contributed by atoms with Gasteiger partial charge in [-0.3, -0.25) is 4.79 Å². The van der Waals surface area contributed by atoms with Crippen molar-refractivity contribution in [1.29, 1.82) is 0 Å². The van der Waals surface area contributed by atoms with Crippen molar-refractivity contribution in [2.45, 2.75) is 19.3 Å². The molecule has 1 aromatic rings. The highest BCUT2D eigenvalue weighted by Gasteiger charge is 2.14. The number of carbonyl (C=O) groups is 1. The minimum atomic E-state index is -0.162. The van der Waals surface area contributed by atoms with Crippen LogP contribution in [-0.2, 0) is 0 Å². The molecule has 1 N–H and O–H groups in total. The van der Waals surface area contributed by atoms with E-state index in [1.165, 1.54) is 19.3 Å². The van der Waals surface area contributed by atoms with Crippen molar-refractivity contribution in [1.82, 2.24) is 20.4 Å². The van der Waals surface area contributed by atoms with Gasteiger partial charge < -0.3 is 15.1 Å². The van der Waals surface area contributed by atoms with Gasteiger partial charge in [0, 0.05) is 26.2 Å². The van der Waals surface area contributed by atoms with Crippen LogP contribution in [0.2, 0.25) is 0 Å². The molecule has 0 saturated carbocycles. The van der Waals surface area contributed by atoms with Crippen molar-refractivity contribution < 1.29 is 4.79 Å². The van der Waals surface area contributed by atoms with Crippen LogP contribution in [0.4, 0.5) is 5.82 Å². The van der Waals surface area contributed by atoms with Crippen LogP contribution in [0.5, 0.6) is 0 Å². The zero-order chi connectivity index (χ0) is 14.4. The molecule has 1 fully saturated rings. The minimum Gasteiger partial charge on any atom is -0.355 e. The van der Waals surface area contributed by atoms with E-state index < -0.39 is 0 Å². The molecule has 1 amide bonds. The van der Waals surface area contributed by atoms with E-state index in [1.807, 2.05) is 25.1 Å². The van der Waals surface area contributed by atoms with Crippen LogP contribution in [0.15, 0.2) is 12.1 Å². The molecule has 0 radical (unpaired) electrons. The van der Waals surface area contributed by atoms with Crippen LogP contribution >= 0.6 is 0 Å². The third-order valence-electron chi connectivity index (χ3n) is 3.41. The number of anilines is 1. The molecular weight excluding hydrogens is 254 g/mol. The van der Waals surface area contributed by atoms with Crippen molar-refractivity contribution in [3.05, 3.63) is 17.8 Å². The second-order valence-electron chi connectivity index (χ2n) is 5.38. The highest BCUT2D eigenvalue weighted by Crippen LogP contribution is 2.16. The first-order valence-electron chi connectivity index (χ1n) is 7.18. The highest BCUT2D eigenvalue weighted by atomic mass is 16.1. The number of aromatic nitrogens is 2. The van der Waals surface area contributed by atoms with E-state index >= 15 is 0 Å². The highest BCUT2D eigenvalue weighted by molar-refractivity contribution is 5.92. The van der Waals surface area contributed by atoms with E-state index in [1.54, 1.807) is 6.07 Å². The molecule has 1 aliphatic rings. The molecule has 0 aliphatic carbocycles. The Morgan fingerprint density at radius 2 is 2.00 bits per heavy atom. The second kappa shape index (κ2) is 7.19. The lowest BCUT2D eigenvalue weighted by molar-refractivity contribution is 0.0945. The van der Waals surface area contributed by atoms with Gasteiger partial charge in [0.2, 0.25) is 0 Å². The van der Waals surface area contributed by atoms with E-state index in [-0.39, 0.29) is 5.91 Å². The molecule has 2 heterocycles. The lowest BCUT2D eigenvalue weighted by atomic mass is 10.1. The minimum absolute atomic E-state index is 0.162. The zero-order valence-electron chi connectivity index (χ0n) is 12.3. The summed E-state index contributed by atoms with van der Waals surface area (Å²) < 4.78 is 0.